The van der Waals surface area contributed by atoms with Crippen LogP contribution in [-0.2, 0) is 4.74 Å². The van der Waals surface area contributed by atoms with Gasteiger partial charge in [-0.3, -0.25) is 4.90 Å². The second-order valence-electron chi connectivity index (χ2n) is 7.34. The molecule has 3 nitrogen and oxygen atoms in total. The van der Waals surface area contributed by atoms with E-state index in [1.54, 1.807) is 0 Å². The molecule has 0 aromatic rings. The van der Waals surface area contributed by atoms with Crippen molar-refractivity contribution < 1.29 is 9.84 Å². The molecule has 3 unspecified atom stereocenters. The molecule has 2 bridgehead atoms. The van der Waals surface area contributed by atoms with Gasteiger partial charge in [-0.25, -0.2) is 0 Å². The van der Waals surface area contributed by atoms with E-state index >= 15 is 0 Å². The van der Waals surface area contributed by atoms with Crippen molar-refractivity contribution in [2.24, 2.45) is 0 Å². The van der Waals surface area contributed by atoms with E-state index in [2.05, 4.69) is 4.90 Å². The van der Waals surface area contributed by atoms with E-state index in [4.69, 9.17) is 4.74 Å². The summed E-state index contributed by atoms with van der Waals surface area (Å²) in [7, 11) is 0. The van der Waals surface area contributed by atoms with Gasteiger partial charge in [0.2, 0.25) is 0 Å². The number of rotatable bonds is 1. The smallest absolute Gasteiger partial charge is 0.0697 e. The molecule has 0 amide bonds. The molecule has 3 heterocycles. The highest BCUT2D eigenvalue weighted by Crippen LogP contribution is 2.45. The van der Waals surface area contributed by atoms with Gasteiger partial charge in [0.15, 0.2) is 0 Å². The van der Waals surface area contributed by atoms with Crippen LogP contribution in [0, 0.1) is 0 Å². The lowest BCUT2D eigenvalue weighted by molar-refractivity contribution is -0.116. The zero-order chi connectivity index (χ0) is 12.9. The Morgan fingerprint density at radius 1 is 0.947 bits per heavy atom. The first-order valence-corrected chi connectivity index (χ1v) is 8.35. The van der Waals surface area contributed by atoms with Gasteiger partial charge in [0, 0.05) is 24.7 Å². The number of fused-ring (bicyclic) bond motifs is 2. The van der Waals surface area contributed by atoms with E-state index in [0.717, 1.165) is 25.5 Å². The Labute approximate surface area is 116 Å². The Bertz CT molecular complexity index is 326. The number of aliphatic hydroxyl groups is 1. The number of piperidine rings is 1. The van der Waals surface area contributed by atoms with E-state index in [1.165, 1.54) is 51.4 Å². The first-order chi connectivity index (χ1) is 9.26. The maximum absolute atomic E-state index is 9.96. The molecule has 0 radical (unpaired) electrons. The lowest BCUT2D eigenvalue weighted by Gasteiger charge is -2.48. The van der Waals surface area contributed by atoms with Crippen molar-refractivity contribution in [3.63, 3.8) is 0 Å². The summed E-state index contributed by atoms with van der Waals surface area (Å²) in [6.45, 7) is 0.961. The molecule has 1 saturated carbocycles. The fourth-order valence-corrected chi connectivity index (χ4v) is 5.40. The first-order valence-electron chi connectivity index (χ1n) is 8.35. The molecule has 3 saturated heterocycles. The van der Waals surface area contributed by atoms with Gasteiger partial charge >= 0.3 is 0 Å². The normalized spacial score (nSPS) is 45.9. The van der Waals surface area contributed by atoms with E-state index in [-0.39, 0.29) is 11.7 Å². The predicted molar refractivity (Wildman–Crippen MR) is 74.1 cm³/mol. The molecule has 0 aromatic carbocycles. The van der Waals surface area contributed by atoms with Crippen LogP contribution in [0.1, 0.15) is 64.2 Å². The minimum Gasteiger partial charge on any atom is -0.393 e. The molecule has 4 aliphatic rings. The Balaban J connectivity index is 1.50. The van der Waals surface area contributed by atoms with Gasteiger partial charge in [-0.15, -0.1) is 0 Å². The van der Waals surface area contributed by atoms with E-state index in [9.17, 15) is 5.11 Å². The molecule has 4 fully saturated rings. The predicted octanol–water partition coefficient (Wildman–Crippen LogP) is 2.47. The summed E-state index contributed by atoms with van der Waals surface area (Å²) < 4.78 is 6.18. The van der Waals surface area contributed by atoms with Gasteiger partial charge < -0.3 is 9.84 Å². The van der Waals surface area contributed by atoms with Crippen LogP contribution >= 0.6 is 0 Å². The zero-order valence-electron chi connectivity index (χ0n) is 11.9. The molecule has 1 N–H and O–H groups in total. The quantitative estimate of drug-likeness (QED) is 0.790. The van der Waals surface area contributed by atoms with Gasteiger partial charge in [0.25, 0.3) is 0 Å². The maximum Gasteiger partial charge on any atom is 0.0697 e. The molecule has 108 valence electrons. The summed E-state index contributed by atoms with van der Waals surface area (Å²) in [6, 6.07) is 2.06. The van der Waals surface area contributed by atoms with Crippen LogP contribution in [0.4, 0.5) is 0 Å². The monoisotopic (exact) mass is 265 g/mol. The Morgan fingerprint density at radius 2 is 1.63 bits per heavy atom. The van der Waals surface area contributed by atoms with Crippen molar-refractivity contribution in [2.75, 3.05) is 6.61 Å². The van der Waals surface area contributed by atoms with Crippen LogP contribution in [0.25, 0.3) is 0 Å². The summed E-state index contributed by atoms with van der Waals surface area (Å²) in [4.78, 5) is 2.80. The Kier molecular flexibility index (Phi) is 3.13. The third-order valence-corrected chi connectivity index (χ3v) is 6.17. The van der Waals surface area contributed by atoms with Crippen LogP contribution in [0.5, 0.6) is 0 Å². The van der Waals surface area contributed by atoms with Crippen molar-refractivity contribution in [1.29, 1.82) is 0 Å². The van der Waals surface area contributed by atoms with E-state index < -0.39 is 0 Å². The average molecular weight is 265 g/mol. The minimum atomic E-state index is -0.0333. The van der Waals surface area contributed by atoms with Crippen LogP contribution in [0.3, 0.4) is 0 Å². The fraction of sp³-hybridized carbons (Fsp3) is 1.00. The highest BCUT2D eigenvalue weighted by molar-refractivity contribution is 5.02. The number of hydrogen-bond acceptors (Lipinski definition) is 3. The summed E-state index contributed by atoms with van der Waals surface area (Å²) in [6.07, 6.45) is 12.4. The fourth-order valence-electron chi connectivity index (χ4n) is 5.40. The molecule has 3 heteroatoms. The molecule has 4 rings (SSSR count). The van der Waals surface area contributed by atoms with Crippen LogP contribution in [-0.4, -0.2) is 46.4 Å². The number of aliphatic hydroxyl groups excluding tert-OH is 1. The summed E-state index contributed by atoms with van der Waals surface area (Å²) in [5, 5.41) is 9.96. The molecule has 3 atom stereocenters. The van der Waals surface area contributed by atoms with Crippen LogP contribution < -0.4 is 0 Å². The summed E-state index contributed by atoms with van der Waals surface area (Å²) in [5.41, 5.74) is 0.235. The van der Waals surface area contributed by atoms with Crippen molar-refractivity contribution >= 4 is 0 Å². The van der Waals surface area contributed by atoms with Gasteiger partial charge in [0.05, 0.1) is 11.7 Å². The molecule has 19 heavy (non-hydrogen) atoms. The topological polar surface area (TPSA) is 32.7 Å². The lowest BCUT2D eigenvalue weighted by Crippen LogP contribution is -2.54. The molecule has 3 aliphatic heterocycles. The Morgan fingerprint density at radius 3 is 2.32 bits per heavy atom. The van der Waals surface area contributed by atoms with Gasteiger partial charge in [-0.1, -0.05) is 12.8 Å². The molecule has 1 spiro atoms. The third kappa shape index (κ3) is 2.14. The molecule has 1 aliphatic carbocycles. The molecule has 0 aromatic heterocycles. The first kappa shape index (κ1) is 12.6. The average Bonchev–Trinajstić information content (AvgIpc) is 2.94. The van der Waals surface area contributed by atoms with Crippen LogP contribution in [0.2, 0.25) is 0 Å². The zero-order valence-corrected chi connectivity index (χ0v) is 11.9. The van der Waals surface area contributed by atoms with Gasteiger partial charge in [-0.2, -0.15) is 0 Å². The molecular formula is C16H27NO2. The van der Waals surface area contributed by atoms with E-state index in [1.807, 2.05) is 0 Å². The maximum atomic E-state index is 9.96. The largest absolute Gasteiger partial charge is 0.393 e. The number of hydrogen-bond donors (Lipinski definition) is 1. The summed E-state index contributed by atoms with van der Waals surface area (Å²) >= 11 is 0. The second kappa shape index (κ2) is 4.71. The SMILES string of the molecule is OC1CC2CCC(C1)N2C1CCOC2(CCCC2)C1. The minimum absolute atomic E-state index is 0.0333. The number of ether oxygens (including phenoxy) is 1. The van der Waals surface area contributed by atoms with Crippen LogP contribution in [0.15, 0.2) is 0 Å². The lowest BCUT2D eigenvalue weighted by atomic mass is 9.85. The highest BCUT2D eigenvalue weighted by Gasteiger charge is 2.48. The van der Waals surface area contributed by atoms with Gasteiger partial charge in [0.1, 0.15) is 0 Å². The van der Waals surface area contributed by atoms with Gasteiger partial charge in [-0.05, 0) is 51.4 Å². The van der Waals surface area contributed by atoms with Crippen molar-refractivity contribution in [2.45, 2.75) is 94.0 Å². The van der Waals surface area contributed by atoms with Crippen molar-refractivity contribution in [3.05, 3.63) is 0 Å². The highest BCUT2D eigenvalue weighted by atomic mass is 16.5. The standard InChI is InChI=1S/C16H27NO2/c18-15-9-12-3-4-13(10-15)17(12)14-5-8-19-16(11-14)6-1-2-7-16/h12-15,18H,1-11H2. The Hall–Kier alpha value is -0.120. The summed E-state index contributed by atoms with van der Waals surface area (Å²) in [5.74, 6) is 0. The van der Waals surface area contributed by atoms with Crippen molar-refractivity contribution in [1.82, 2.24) is 4.90 Å². The van der Waals surface area contributed by atoms with Crippen molar-refractivity contribution in [3.8, 4) is 0 Å². The number of nitrogens with zero attached hydrogens (tertiary/aromatic N) is 1. The third-order valence-electron chi connectivity index (χ3n) is 6.17. The molecular weight excluding hydrogens is 238 g/mol. The van der Waals surface area contributed by atoms with E-state index in [0.29, 0.717) is 12.1 Å². The second-order valence-corrected chi connectivity index (χ2v) is 7.34.